The normalized spacial score (nSPS) is 17.0. The number of rotatable bonds is 6. The number of aryl methyl sites for hydroxylation is 1. The average Bonchev–Trinajstić information content (AvgIpc) is 2.96. The van der Waals surface area contributed by atoms with E-state index in [-0.39, 0.29) is 11.8 Å². The van der Waals surface area contributed by atoms with Crippen LogP contribution >= 0.6 is 0 Å². The summed E-state index contributed by atoms with van der Waals surface area (Å²) in [4.78, 5) is 20.4. The minimum Gasteiger partial charge on any atom is -0.374 e. The number of hydrogen-bond acceptors (Lipinski definition) is 6. The molecule has 1 unspecified atom stereocenters. The van der Waals surface area contributed by atoms with Crippen LogP contribution in [0.4, 0.5) is 0 Å². The third kappa shape index (κ3) is 4.21. The van der Waals surface area contributed by atoms with Gasteiger partial charge in [-0.1, -0.05) is 11.3 Å². The molecule has 0 fully saturated rings. The lowest BCUT2D eigenvalue weighted by Crippen LogP contribution is -2.43. The van der Waals surface area contributed by atoms with Crippen LogP contribution in [-0.2, 0) is 29.7 Å². The molecule has 0 saturated heterocycles. The number of hydrogen-bond donors (Lipinski definition) is 0. The van der Waals surface area contributed by atoms with Gasteiger partial charge in [-0.15, -0.1) is 5.10 Å². The van der Waals surface area contributed by atoms with E-state index in [0.29, 0.717) is 32.8 Å². The van der Waals surface area contributed by atoms with Gasteiger partial charge in [0.25, 0.3) is 0 Å². The minimum atomic E-state index is 0.0542. The molecule has 0 bridgehead atoms. The smallest absolute Gasteiger partial charge is 0.237 e. The van der Waals surface area contributed by atoms with Crippen molar-refractivity contribution in [2.24, 2.45) is 7.05 Å². The molecule has 0 aromatic carbocycles. The first-order valence-corrected chi connectivity index (χ1v) is 8.33. The SMILES string of the molecule is CN(C)CC(=O)N1Cc2nnn(C)c2C(COCc2ccccn2)C1. The summed E-state index contributed by atoms with van der Waals surface area (Å²) in [7, 11) is 5.67. The molecule has 0 saturated carbocycles. The van der Waals surface area contributed by atoms with Gasteiger partial charge in [0.1, 0.15) is 5.69 Å². The van der Waals surface area contributed by atoms with Crippen molar-refractivity contribution in [1.29, 1.82) is 0 Å². The molecule has 2 aromatic rings. The predicted molar refractivity (Wildman–Crippen MR) is 91.6 cm³/mol. The van der Waals surface area contributed by atoms with E-state index in [4.69, 9.17) is 4.74 Å². The first-order chi connectivity index (χ1) is 12.0. The van der Waals surface area contributed by atoms with Gasteiger partial charge in [-0.3, -0.25) is 14.5 Å². The highest BCUT2D eigenvalue weighted by Crippen LogP contribution is 2.27. The van der Waals surface area contributed by atoms with E-state index < -0.39 is 0 Å². The fourth-order valence-electron chi connectivity index (χ4n) is 3.10. The maximum absolute atomic E-state index is 12.4. The first-order valence-electron chi connectivity index (χ1n) is 8.33. The summed E-state index contributed by atoms with van der Waals surface area (Å²) in [5, 5.41) is 8.34. The molecular formula is C17H24N6O2. The number of likely N-dealkylation sites (N-methyl/N-ethyl adjacent to an activating group) is 1. The quantitative estimate of drug-likeness (QED) is 0.756. The molecule has 0 radical (unpaired) electrons. The summed E-state index contributed by atoms with van der Waals surface area (Å²) < 4.78 is 7.66. The second kappa shape index (κ2) is 7.71. The Balaban J connectivity index is 1.68. The van der Waals surface area contributed by atoms with Crippen molar-refractivity contribution in [3.05, 3.63) is 41.5 Å². The van der Waals surface area contributed by atoms with Crippen LogP contribution in [0, 0.1) is 0 Å². The minimum absolute atomic E-state index is 0.0542. The fourth-order valence-corrected chi connectivity index (χ4v) is 3.10. The van der Waals surface area contributed by atoms with E-state index in [2.05, 4.69) is 15.3 Å². The van der Waals surface area contributed by atoms with Crippen molar-refractivity contribution >= 4 is 5.91 Å². The topological polar surface area (TPSA) is 76.4 Å². The van der Waals surface area contributed by atoms with Crippen molar-refractivity contribution in [2.75, 3.05) is 33.8 Å². The molecule has 1 amide bonds. The summed E-state index contributed by atoms with van der Waals surface area (Å²) >= 11 is 0. The van der Waals surface area contributed by atoms with Gasteiger partial charge in [-0.2, -0.15) is 0 Å². The van der Waals surface area contributed by atoms with Gasteiger partial charge in [0, 0.05) is 25.7 Å². The highest BCUT2D eigenvalue weighted by Gasteiger charge is 2.32. The van der Waals surface area contributed by atoms with Gasteiger partial charge in [0.15, 0.2) is 0 Å². The van der Waals surface area contributed by atoms with Gasteiger partial charge >= 0.3 is 0 Å². The van der Waals surface area contributed by atoms with Crippen LogP contribution in [0.15, 0.2) is 24.4 Å². The number of carbonyl (C=O) groups is 1. The van der Waals surface area contributed by atoms with Gasteiger partial charge in [0.2, 0.25) is 5.91 Å². The van der Waals surface area contributed by atoms with Gasteiger partial charge in [-0.05, 0) is 26.2 Å². The molecule has 1 atom stereocenters. The fraction of sp³-hybridized carbons (Fsp3) is 0.529. The Labute approximate surface area is 147 Å². The molecule has 0 N–H and O–H groups in total. The molecule has 0 aliphatic carbocycles. The van der Waals surface area contributed by atoms with Crippen molar-refractivity contribution < 1.29 is 9.53 Å². The molecule has 0 spiro atoms. The summed E-state index contributed by atoms with van der Waals surface area (Å²) in [6, 6.07) is 5.76. The monoisotopic (exact) mass is 344 g/mol. The maximum atomic E-state index is 12.4. The first kappa shape index (κ1) is 17.5. The van der Waals surface area contributed by atoms with E-state index in [1.165, 1.54) is 0 Å². The number of ether oxygens (including phenoxy) is 1. The molecule has 8 heteroatoms. The molecule has 25 heavy (non-hydrogen) atoms. The third-order valence-corrected chi connectivity index (χ3v) is 4.21. The molecule has 3 heterocycles. The van der Waals surface area contributed by atoms with Crippen LogP contribution in [0.1, 0.15) is 23.0 Å². The van der Waals surface area contributed by atoms with E-state index in [1.807, 2.05) is 49.1 Å². The van der Waals surface area contributed by atoms with Gasteiger partial charge in [-0.25, -0.2) is 0 Å². The number of fused-ring (bicyclic) bond motifs is 1. The molecular weight excluding hydrogens is 320 g/mol. The van der Waals surface area contributed by atoms with Crippen LogP contribution in [-0.4, -0.2) is 69.5 Å². The van der Waals surface area contributed by atoms with Crippen molar-refractivity contribution in [3.63, 3.8) is 0 Å². The lowest BCUT2D eigenvalue weighted by atomic mass is 9.99. The van der Waals surface area contributed by atoms with E-state index in [0.717, 1.165) is 17.1 Å². The van der Waals surface area contributed by atoms with Crippen LogP contribution in [0.3, 0.4) is 0 Å². The standard InChI is InChI=1S/C17H24N6O2/c1-21(2)10-16(24)23-8-13(17-15(9-23)19-20-22(17)3)11-25-12-14-6-4-5-7-18-14/h4-7,13H,8-12H2,1-3H3. The van der Waals surface area contributed by atoms with E-state index >= 15 is 0 Å². The summed E-state index contributed by atoms with van der Waals surface area (Å²) in [5.74, 6) is 0.148. The Morgan fingerprint density at radius 2 is 2.24 bits per heavy atom. The summed E-state index contributed by atoms with van der Waals surface area (Å²) in [6.07, 6.45) is 1.75. The molecule has 8 nitrogen and oxygen atoms in total. The Kier molecular flexibility index (Phi) is 5.40. The molecule has 1 aliphatic heterocycles. The van der Waals surface area contributed by atoms with Gasteiger partial charge in [0.05, 0.1) is 37.7 Å². The highest BCUT2D eigenvalue weighted by atomic mass is 16.5. The third-order valence-electron chi connectivity index (χ3n) is 4.21. The Morgan fingerprint density at radius 3 is 2.96 bits per heavy atom. The maximum Gasteiger partial charge on any atom is 0.237 e. The second-order valence-electron chi connectivity index (χ2n) is 6.59. The summed E-state index contributed by atoms with van der Waals surface area (Å²) in [5.41, 5.74) is 2.80. The zero-order chi connectivity index (χ0) is 17.8. The lowest BCUT2D eigenvalue weighted by molar-refractivity contribution is -0.133. The molecule has 3 rings (SSSR count). The zero-order valence-electron chi connectivity index (χ0n) is 14.9. The highest BCUT2D eigenvalue weighted by molar-refractivity contribution is 5.78. The Morgan fingerprint density at radius 1 is 1.40 bits per heavy atom. The average molecular weight is 344 g/mol. The lowest BCUT2D eigenvalue weighted by Gasteiger charge is -2.32. The second-order valence-corrected chi connectivity index (χ2v) is 6.59. The molecule has 1 aliphatic rings. The predicted octanol–water partition coefficient (Wildman–Crippen LogP) is 0.414. The van der Waals surface area contributed by atoms with E-state index in [9.17, 15) is 4.79 Å². The molecule has 2 aromatic heterocycles. The van der Waals surface area contributed by atoms with Gasteiger partial charge < -0.3 is 14.5 Å². The number of nitrogens with zero attached hydrogens (tertiary/aromatic N) is 6. The van der Waals surface area contributed by atoms with Crippen LogP contribution in [0.5, 0.6) is 0 Å². The van der Waals surface area contributed by atoms with Crippen LogP contribution < -0.4 is 0 Å². The largest absolute Gasteiger partial charge is 0.374 e. The summed E-state index contributed by atoms with van der Waals surface area (Å²) in [6.45, 7) is 2.45. The number of aromatic nitrogens is 4. The van der Waals surface area contributed by atoms with Crippen LogP contribution in [0.2, 0.25) is 0 Å². The number of carbonyl (C=O) groups excluding carboxylic acids is 1. The number of pyridine rings is 1. The Bertz CT molecular complexity index is 715. The van der Waals surface area contributed by atoms with Crippen molar-refractivity contribution in [3.8, 4) is 0 Å². The van der Waals surface area contributed by atoms with Crippen molar-refractivity contribution in [1.82, 2.24) is 29.8 Å². The molecule has 134 valence electrons. The number of amides is 1. The van der Waals surface area contributed by atoms with E-state index in [1.54, 1.807) is 10.9 Å². The van der Waals surface area contributed by atoms with Crippen LogP contribution in [0.25, 0.3) is 0 Å². The van der Waals surface area contributed by atoms with Crippen molar-refractivity contribution in [2.45, 2.75) is 19.1 Å². The zero-order valence-corrected chi connectivity index (χ0v) is 14.9. The Hall–Kier alpha value is -2.32.